The van der Waals surface area contributed by atoms with Gasteiger partial charge in [0.15, 0.2) is 0 Å². The minimum absolute atomic E-state index is 0.0718. The number of amides is 1. The van der Waals surface area contributed by atoms with E-state index in [2.05, 4.69) is 34.2 Å². The van der Waals surface area contributed by atoms with Gasteiger partial charge in [0.2, 0.25) is 5.91 Å². The maximum absolute atomic E-state index is 12.6. The topological polar surface area (TPSA) is 68.6 Å². The molecule has 0 bridgehead atoms. The van der Waals surface area contributed by atoms with Gasteiger partial charge in [-0.3, -0.25) is 14.6 Å². The van der Waals surface area contributed by atoms with Crippen molar-refractivity contribution in [3.8, 4) is 6.07 Å². The van der Waals surface area contributed by atoms with E-state index in [-0.39, 0.29) is 5.91 Å². The van der Waals surface area contributed by atoms with Crippen LogP contribution in [0.3, 0.4) is 0 Å². The molecular formula is C24H29ClN4O2. The maximum Gasteiger partial charge on any atom is 0.225 e. The van der Waals surface area contributed by atoms with Crippen LogP contribution in [-0.4, -0.2) is 61.1 Å². The van der Waals surface area contributed by atoms with Gasteiger partial charge in [-0.15, -0.1) is 0 Å². The normalized spacial score (nSPS) is 15.4. The number of hydrogen-bond donors (Lipinski definition) is 1. The van der Waals surface area contributed by atoms with Crippen LogP contribution in [0.1, 0.15) is 24.5 Å². The number of morpholine rings is 1. The van der Waals surface area contributed by atoms with E-state index >= 15 is 0 Å². The number of ether oxygens (including phenoxy) is 1. The molecule has 1 atom stereocenters. The minimum Gasteiger partial charge on any atom is -0.379 e. The van der Waals surface area contributed by atoms with Gasteiger partial charge in [-0.25, -0.2) is 0 Å². The third-order valence-corrected chi connectivity index (χ3v) is 5.79. The third-order valence-electron chi connectivity index (χ3n) is 5.48. The second-order valence-corrected chi connectivity index (χ2v) is 8.23. The molecule has 1 aliphatic heterocycles. The van der Waals surface area contributed by atoms with E-state index in [9.17, 15) is 4.79 Å². The number of nitrogens with zero attached hydrogens (tertiary/aromatic N) is 3. The number of hydrogen-bond acceptors (Lipinski definition) is 5. The molecule has 7 heteroatoms. The standard InChI is InChI=1S/C24H29ClN4O2/c1-19(17-28-11-13-31-14-12-28)29(18-20-5-3-2-4-6-20)10-9-24(30)27-22-8-7-21(16-26)23(25)15-22/h2-8,15,19H,9-14,17-18H2,1H3,(H,27,30). The maximum atomic E-state index is 12.6. The molecule has 2 aromatic rings. The molecular weight excluding hydrogens is 412 g/mol. The van der Waals surface area contributed by atoms with Gasteiger partial charge in [-0.05, 0) is 30.7 Å². The second-order valence-electron chi connectivity index (χ2n) is 7.82. The highest BCUT2D eigenvalue weighted by molar-refractivity contribution is 6.32. The lowest BCUT2D eigenvalue weighted by Crippen LogP contribution is -2.46. The number of nitriles is 1. The van der Waals surface area contributed by atoms with E-state index in [0.717, 1.165) is 39.4 Å². The van der Waals surface area contributed by atoms with Crippen LogP contribution < -0.4 is 5.32 Å². The molecule has 0 radical (unpaired) electrons. The largest absolute Gasteiger partial charge is 0.379 e. The Morgan fingerprint density at radius 2 is 2.00 bits per heavy atom. The Kier molecular flexibility index (Phi) is 8.86. The summed E-state index contributed by atoms with van der Waals surface area (Å²) in [4.78, 5) is 17.4. The summed E-state index contributed by atoms with van der Waals surface area (Å²) in [7, 11) is 0. The van der Waals surface area contributed by atoms with Gasteiger partial charge in [0.1, 0.15) is 6.07 Å². The summed E-state index contributed by atoms with van der Waals surface area (Å²) in [5.74, 6) is -0.0718. The van der Waals surface area contributed by atoms with Gasteiger partial charge in [-0.2, -0.15) is 5.26 Å². The Hall–Kier alpha value is -2.43. The van der Waals surface area contributed by atoms with E-state index in [1.807, 2.05) is 24.3 Å². The Morgan fingerprint density at radius 3 is 2.68 bits per heavy atom. The van der Waals surface area contributed by atoms with Gasteiger partial charge in [0, 0.05) is 50.9 Å². The Bertz CT molecular complexity index is 894. The number of benzene rings is 2. The first-order valence-electron chi connectivity index (χ1n) is 10.6. The quantitative estimate of drug-likeness (QED) is 0.642. The zero-order chi connectivity index (χ0) is 22.1. The lowest BCUT2D eigenvalue weighted by Gasteiger charge is -2.35. The summed E-state index contributed by atoms with van der Waals surface area (Å²) in [6.45, 7) is 8.06. The van der Waals surface area contributed by atoms with Crippen LogP contribution in [0.4, 0.5) is 5.69 Å². The molecule has 1 heterocycles. The molecule has 0 saturated carbocycles. The number of nitrogens with one attached hydrogen (secondary N) is 1. The first kappa shape index (κ1) is 23.2. The van der Waals surface area contributed by atoms with Gasteiger partial charge in [0.25, 0.3) is 0 Å². The molecule has 3 rings (SSSR count). The molecule has 1 N–H and O–H groups in total. The van der Waals surface area contributed by atoms with Crippen molar-refractivity contribution in [3.63, 3.8) is 0 Å². The van der Waals surface area contributed by atoms with Gasteiger partial charge in [-0.1, -0.05) is 41.9 Å². The molecule has 1 aliphatic rings. The fourth-order valence-corrected chi connectivity index (χ4v) is 3.92. The average Bonchev–Trinajstić information content (AvgIpc) is 2.78. The van der Waals surface area contributed by atoms with Crippen LogP contribution in [0.2, 0.25) is 5.02 Å². The highest BCUT2D eigenvalue weighted by Crippen LogP contribution is 2.20. The summed E-state index contributed by atoms with van der Waals surface area (Å²) in [5, 5.41) is 12.2. The van der Waals surface area contributed by atoms with Crippen LogP contribution in [0, 0.1) is 11.3 Å². The molecule has 31 heavy (non-hydrogen) atoms. The zero-order valence-corrected chi connectivity index (χ0v) is 18.6. The summed E-state index contributed by atoms with van der Waals surface area (Å²) in [6, 6.07) is 17.6. The van der Waals surface area contributed by atoms with Crippen molar-refractivity contribution in [2.45, 2.75) is 25.9 Å². The van der Waals surface area contributed by atoms with E-state index < -0.39 is 0 Å². The molecule has 164 valence electrons. The first-order valence-corrected chi connectivity index (χ1v) is 11.0. The van der Waals surface area contributed by atoms with Crippen molar-refractivity contribution in [1.82, 2.24) is 9.80 Å². The Morgan fingerprint density at radius 1 is 1.26 bits per heavy atom. The monoisotopic (exact) mass is 440 g/mol. The molecule has 0 aromatic heterocycles. The molecule has 1 amide bonds. The van der Waals surface area contributed by atoms with E-state index in [4.69, 9.17) is 21.6 Å². The zero-order valence-electron chi connectivity index (χ0n) is 17.9. The van der Waals surface area contributed by atoms with Crippen LogP contribution in [0.25, 0.3) is 0 Å². The SMILES string of the molecule is CC(CN1CCOCC1)N(CCC(=O)Nc1ccc(C#N)c(Cl)c1)Cc1ccccc1. The average molecular weight is 441 g/mol. The van der Waals surface area contributed by atoms with Crippen molar-refractivity contribution < 1.29 is 9.53 Å². The molecule has 2 aromatic carbocycles. The smallest absolute Gasteiger partial charge is 0.225 e. The van der Waals surface area contributed by atoms with Gasteiger partial charge < -0.3 is 10.1 Å². The molecule has 6 nitrogen and oxygen atoms in total. The van der Waals surface area contributed by atoms with Crippen LogP contribution in [-0.2, 0) is 16.1 Å². The van der Waals surface area contributed by atoms with Gasteiger partial charge in [0.05, 0.1) is 23.8 Å². The van der Waals surface area contributed by atoms with Crippen molar-refractivity contribution in [3.05, 3.63) is 64.7 Å². The highest BCUT2D eigenvalue weighted by Gasteiger charge is 2.20. The number of carbonyl (C=O) groups excluding carboxylic acids is 1. The van der Waals surface area contributed by atoms with Crippen LogP contribution >= 0.6 is 11.6 Å². The first-order chi connectivity index (χ1) is 15.0. The summed E-state index contributed by atoms with van der Waals surface area (Å²) < 4.78 is 5.46. The summed E-state index contributed by atoms with van der Waals surface area (Å²) >= 11 is 6.07. The van der Waals surface area contributed by atoms with Gasteiger partial charge >= 0.3 is 0 Å². The second kappa shape index (κ2) is 11.8. The molecule has 0 spiro atoms. The van der Waals surface area contributed by atoms with Crippen molar-refractivity contribution in [1.29, 1.82) is 5.26 Å². The van der Waals surface area contributed by atoms with E-state index in [1.54, 1.807) is 18.2 Å². The lowest BCUT2D eigenvalue weighted by atomic mass is 10.1. The molecule has 1 fully saturated rings. The predicted octanol–water partition coefficient (Wildman–Crippen LogP) is 3.76. The minimum atomic E-state index is -0.0718. The number of rotatable bonds is 9. The van der Waals surface area contributed by atoms with Crippen molar-refractivity contribution in [2.24, 2.45) is 0 Å². The molecule has 0 aliphatic carbocycles. The van der Waals surface area contributed by atoms with Crippen molar-refractivity contribution >= 4 is 23.2 Å². The fourth-order valence-electron chi connectivity index (χ4n) is 3.70. The summed E-state index contributed by atoms with van der Waals surface area (Å²) in [5.41, 5.74) is 2.23. The van der Waals surface area contributed by atoms with E-state index in [0.29, 0.717) is 35.3 Å². The molecule has 1 unspecified atom stereocenters. The number of anilines is 1. The van der Waals surface area contributed by atoms with Crippen LogP contribution in [0.15, 0.2) is 48.5 Å². The van der Waals surface area contributed by atoms with Crippen molar-refractivity contribution in [2.75, 3.05) is 44.7 Å². The Labute approximate surface area is 189 Å². The third kappa shape index (κ3) is 7.34. The van der Waals surface area contributed by atoms with E-state index in [1.165, 1.54) is 5.56 Å². The number of carbonyl (C=O) groups is 1. The predicted molar refractivity (Wildman–Crippen MR) is 123 cm³/mol. The molecule has 1 saturated heterocycles. The highest BCUT2D eigenvalue weighted by atomic mass is 35.5. The van der Waals surface area contributed by atoms with Crippen LogP contribution in [0.5, 0.6) is 0 Å². The fraction of sp³-hybridized carbons (Fsp3) is 0.417. The summed E-state index contributed by atoms with van der Waals surface area (Å²) in [6.07, 6.45) is 0.373. The Balaban J connectivity index is 1.59. The number of halogens is 1. The lowest BCUT2D eigenvalue weighted by molar-refractivity contribution is -0.116.